The second-order valence-corrected chi connectivity index (χ2v) is 5.10. The van der Waals surface area contributed by atoms with Gasteiger partial charge in [0, 0.05) is 6.04 Å². The van der Waals surface area contributed by atoms with Crippen LogP contribution in [0.2, 0.25) is 0 Å². The van der Waals surface area contributed by atoms with Crippen LogP contribution >= 0.6 is 23.1 Å². The lowest BCUT2D eigenvalue weighted by Gasteiger charge is -2.11. The summed E-state index contributed by atoms with van der Waals surface area (Å²) in [5.41, 5.74) is 5.39. The average molecular weight is 246 g/mol. The van der Waals surface area contributed by atoms with Crippen molar-refractivity contribution in [2.75, 3.05) is 17.7 Å². The molecule has 1 aromatic heterocycles. The van der Waals surface area contributed by atoms with Crippen LogP contribution in [0.25, 0.3) is 0 Å². The molecule has 0 saturated carbocycles. The predicted molar refractivity (Wildman–Crippen MR) is 64.2 cm³/mol. The number of amides is 1. The standard InChI is InChI=1S/C8H14N4OS2/c1-5(3-4-14-2)10-6(13)7-11-12-8(9)15-7/h5H,3-4H2,1-2H3,(H2,9,12)(H,10,13). The molecule has 15 heavy (non-hydrogen) atoms. The molecule has 1 amide bonds. The number of nitrogens with zero attached hydrogens (tertiary/aromatic N) is 2. The number of nitrogens with one attached hydrogen (secondary N) is 1. The number of thioether (sulfide) groups is 1. The fourth-order valence-electron chi connectivity index (χ4n) is 0.979. The highest BCUT2D eigenvalue weighted by molar-refractivity contribution is 7.98. The van der Waals surface area contributed by atoms with Crippen LogP contribution in [-0.4, -0.2) is 34.2 Å². The van der Waals surface area contributed by atoms with Gasteiger partial charge in [-0.1, -0.05) is 11.3 Å². The second-order valence-electron chi connectivity index (χ2n) is 3.10. The molecule has 0 radical (unpaired) electrons. The summed E-state index contributed by atoms with van der Waals surface area (Å²) < 4.78 is 0. The van der Waals surface area contributed by atoms with Crippen LogP contribution in [0.3, 0.4) is 0 Å². The highest BCUT2D eigenvalue weighted by atomic mass is 32.2. The van der Waals surface area contributed by atoms with Gasteiger partial charge in [0.05, 0.1) is 0 Å². The summed E-state index contributed by atoms with van der Waals surface area (Å²) >= 11 is 2.86. The molecule has 3 N–H and O–H groups in total. The van der Waals surface area contributed by atoms with E-state index in [1.165, 1.54) is 0 Å². The summed E-state index contributed by atoms with van der Waals surface area (Å²) in [6.07, 6.45) is 2.99. The summed E-state index contributed by atoms with van der Waals surface area (Å²) in [4.78, 5) is 11.6. The van der Waals surface area contributed by atoms with Crippen LogP contribution in [0, 0.1) is 0 Å². The molecule has 0 aliphatic rings. The monoisotopic (exact) mass is 246 g/mol. The number of hydrogen-bond donors (Lipinski definition) is 2. The first kappa shape index (κ1) is 12.3. The number of carbonyl (C=O) groups is 1. The van der Waals surface area contributed by atoms with Crippen molar-refractivity contribution in [3.05, 3.63) is 5.01 Å². The first-order valence-corrected chi connectivity index (χ1v) is 6.73. The third-order valence-corrected chi connectivity index (χ3v) is 3.16. The maximum absolute atomic E-state index is 11.6. The van der Waals surface area contributed by atoms with Gasteiger partial charge in [-0.15, -0.1) is 10.2 Å². The normalized spacial score (nSPS) is 12.4. The molecule has 1 atom stereocenters. The minimum Gasteiger partial charge on any atom is -0.374 e. The predicted octanol–water partition coefficient (Wildman–Crippen LogP) is 0.992. The average Bonchev–Trinajstić information content (AvgIpc) is 2.61. The SMILES string of the molecule is CSCCC(C)NC(=O)c1nnc(N)s1. The van der Waals surface area contributed by atoms with E-state index >= 15 is 0 Å². The van der Waals surface area contributed by atoms with Crippen LogP contribution in [0.4, 0.5) is 5.13 Å². The zero-order chi connectivity index (χ0) is 11.3. The summed E-state index contributed by atoms with van der Waals surface area (Å²) in [6.45, 7) is 1.97. The number of anilines is 1. The Morgan fingerprint density at radius 2 is 2.40 bits per heavy atom. The van der Waals surface area contributed by atoms with Gasteiger partial charge in [0.1, 0.15) is 0 Å². The topological polar surface area (TPSA) is 80.9 Å². The maximum Gasteiger partial charge on any atom is 0.282 e. The molecule has 0 bridgehead atoms. The highest BCUT2D eigenvalue weighted by Gasteiger charge is 2.13. The lowest BCUT2D eigenvalue weighted by atomic mass is 10.2. The summed E-state index contributed by atoms with van der Waals surface area (Å²) in [6, 6.07) is 0.148. The largest absolute Gasteiger partial charge is 0.374 e. The fraction of sp³-hybridized carbons (Fsp3) is 0.625. The molecule has 84 valence electrons. The van der Waals surface area contributed by atoms with E-state index in [0.29, 0.717) is 10.1 Å². The minimum atomic E-state index is -0.196. The lowest BCUT2D eigenvalue weighted by Crippen LogP contribution is -2.32. The Kier molecular flexibility index (Phi) is 4.83. The van der Waals surface area contributed by atoms with Gasteiger partial charge in [-0.2, -0.15) is 11.8 Å². The van der Waals surface area contributed by atoms with Crippen LogP contribution in [0.15, 0.2) is 0 Å². The minimum absolute atomic E-state index is 0.148. The fourth-order valence-corrected chi connectivity index (χ4v) is 2.08. The summed E-state index contributed by atoms with van der Waals surface area (Å²) in [7, 11) is 0. The van der Waals surface area contributed by atoms with Crippen LogP contribution in [-0.2, 0) is 0 Å². The number of hydrogen-bond acceptors (Lipinski definition) is 6. The summed E-state index contributed by atoms with van der Waals surface area (Å²) in [5.74, 6) is 0.831. The third-order valence-electron chi connectivity index (χ3n) is 1.77. The van der Waals surface area contributed by atoms with Gasteiger partial charge in [0.2, 0.25) is 10.1 Å². The smallest absolute Gasteiger partial charge is 0.282 e. The molecule has 1 aromatic rings. The molecule has 1 unspecified atom stereocenters. The molecule has 7 heteroatoms. The Balaban J connectivity index is 2.42. The van der Waals surface area contributed by atoms with Crippen molar-refractivity contribution < 1.29 is 4.79 Å². The van der Waals surface area contributed by atoms with E-state index in [-0.39, 0.29) is 11.9 Å². The zero-order valence-corrected chi connectivity index (χ0v) is 10.3. The van der Waals surface area contributed by atoms with Gasteiger partial charge < -0.3 is 11.1 Å². The Morgan fingerprint density at radius 3 is 2.93 bits per heavy atom. The van der Waals surface area contributed by atoms with Crippen LogP contribution in [0.5, 0.6) is 0 Å². The molecule has 1 heterocycles. The van der Waals surface area contributed by atoms with E-state index in [2.05, 4.69) is 15.5 Å². The first-order valence-electron chi connectivity index (χ1n) is 4.52. The molecule has 0 aliphatic carbocycles. The third kappa shape index (κ3) is 4.05. The molecule has 0 saturated heterocycles. The molecule has 5 nitrogen and oxygen atoms in total. The molecular weight excluding hydrogens is 232 g/mol. The number of nitrogens with two attached hydrogens (primary N) is 1. The van der Waals surface area contributed by atoms with E-state index in [1.54, 1.807) is 11.8 Å². The van der Waals surface area contributed by atoms with E-state index in [4.69, 9.17) is 5.73 Å². The van der Waals surface area contributed by atoms with E-state index < -0.39 is 0 Å². The number of rotatable bonds is 5. The van der Waals surface area contributed by atoms with Gasteiger partial charge in [-0.3, -0.25) is 4.79 Å². The molecule has 0 spiro atoms. The van der Waals surface area contributed by atoms with Crippen molar-refractivity contribution in [1.82, 2.24) is 15.5 Å². The van der Waals surface area contributed by atoms with Crippen molar-refractivity contribution >= 4 is 34.1 Å². The van der Waals surface area contributed by atoms with E-state index in [1.807, 2.05) is 13.2 Å². The van der Waals surface area contributed by atoms with E-state index in [0.717, 1.165) is 23.5 Å². The molecule has 0 aliphatic heterocycles. The molecular formula is C8H14N4OS2. The summed E-state index contributed by atoms with van der Waals surface area (Å²) in [5, 5.41) is 10.7. The highest BCUT2D eigenvalue weighted by Crippen LogP contribution is 2.11. The van der Waals surface area contributed by atoms with Gasteiger partial charge in [0.25, 0.3) is 5.91 Å². The number of carbonyl (C=O) groups excluding carboxylic acids is 1. The Hall–Kier alpha value is -0.820. The van der Waals surface area contributed by atoms with Crippen molar-refractivity contribution in [3.8, 4) is 0 Å². The number of nitrogen functional groups attached to an aromatic ring is 1. The van der Waals surface area contributed by atoms with Gasteiger partial charge in [-0.05, 0) is 25.4 Å². The zero-order valence-electron chi connectivity index (χ0n) is 8.69. The number of aromatic nitrogens is 2. The second kappa shape index (κ2) is 5.92. The van der Waals surface area contributed by atoms with Gasteiger partial charge in [-0.25, -0.2) is 0 Å². The first-order chi connectivity index (χ1) is 7.13. The van der Waals surface area contributed by atoms with Crippen LogP contribution < -0.4 is 11.1 Å². The van der Waals surface area contributed by atoms with Gasteiger partial charge >= 0.3 is 0 Å². The maximum atomic E-state index is 11.6. The molecule has 0 fully saturated rings. The van der Waals surface area contributed by atoms with Crippen molar-refractivity contribution in [1.29, 1.82) is 0 Å². The lowest BCUT2D eigenvalue weighted by molar-refractivity contribution is 0.0938. The van der Waals surface area contributed by atoms with Crippen molar-refractivity contribution in [2.45, 2.75) is 19.4 Å². The van der Waals surface area contributed by atoms with Crippen LogP contribution in [0.1, 0.15) is 23.1 Å². The van der Waals surface area contributed by atoms with E-state index in [9.17, 15) is 4.79 Å². The van der Waals surface area contributed by atoms with Crippen molar-refractivity contribution in [3.63, 3.8) is 0 Å². The Bertz CT molecular complexity index is 328. The quantitative estimate of drug-likeness (QED) is 0.810. The van der Waals surface area contributed by atoms with Gasteiger partial charge in [0.15, 0.2) is 0 Å². The molecule has 0 aromatic carbocycles. The molecule has 1 rings (SSSR count). The van der Waals surface area contributed by atoms with Crippen molar-refractivity contribution in [2.24, 2.45) is 0 Å². The Labute approximate surface area is 96.8 Å². The Morgan fingerprint density at radius 1 is 1.67 bits per heavy atom.